The minimum Gasteiger partial charge on any atom is -0.507 e. The molecule has 3 N–H and O–H groups in total. The number of phenolic OH excluding ortho intramolecular Hbond substituents is 1. The predicted octanol–water partition coefficient (Wildman–Crippen LogP) is 4.35. The van der Waals surface area contributed by atoms with E-state index in [0.717, 1.165) is 6.42 Å². The van der Waals surface area contributed by atoms with E-state index in [1.165, 1.54) is 18.3 Å². The lowest BCUT2D eigenvalue weighted by atomic mass is 9.93. The van der Waals surface area contributed by atoms with Crippen LogP contribution in [-0.4, -0.2) is 34.3 Å². The molecule has 0 radical (unpaired) electrons. The zero-order valence-electron chi connectivity index (χ0n) is 18.7. The summed E-state index contributed by atoms with van der Waals surface area (Å²) in [5, 5.41) is 23.4. The molecule has 3 unspecified atom stereocenters. The van der Waals surface area contributed by atoms with Gasteiger partial charge in [0.1, 0.15) is 17.4 Å². The molecule has 6 nitrogen and oxygen atoms in total. The number of ether oxygens (including phenoxy) is 1. The number of carbonyl (C=O) groups excluding carboxylic acids is 2. The molecular weight excluding hydrogens is 406 g/mol. The number of cyclic esters (lactones) is 1. The van der Waals surface area contributed by atoms with E-state index in [0.29, 0.717) is 24.8 Å². The third-order valence-corrected chi connectivity index (χ3v) is 5.25. The maximum Gasteiger partial charge on any atom is 0.342 e. The molecule has 0 aromatic heterocycles. The second-order valence-electron chi connectivity index (χ2n) is 7.87. The van der Waals surface area contributed by atoms with Crippen molar-refractivity contribution < 1.29 is 24.5 Å². The van der Waals surface area contributed by atoms with E-state index in [1.807, 2.05) is 32.1 Å². The monoisotopic (exact) mass is 439 g/mol. The number of aliphatic hydroxyl groups is 1. The molecule has 1 amide bonds. The van der Waals surface area contributed by atoms with Gasteiger partial charge in [0, 0.05) is 25.1 Å². The highest BCUT2D eigenvalue weighted by molar-refractivity contribution is 5.94. The first kappa shape index (κ1) is 25.1. The van der Waals surface area contributed by atoms with Crippen LogP contribution in [0.3, 0.4) is 0 Å². The number of allylic oxidation sites excluding steroid dienone is 5. The Balaban J connectivity index is 2.11. The first-order valence-electron chi connectivity index (χ1n) is 11.1. The molecule has 0 spiro atoms. The van der Waals surface area contributed by atoms with E-state index >= 15 is 0 Å². The van der Waals surface area contributed by atoms with Gasteiger partial charge in [-0.3, -0.25) is 4.79 Å². The third kappa shape index (κ3) is 8.19. The lowest BCUT2D eigenvalue weighted by Gasteiger charge is -2.24. The van der Waals surface area contributed by atoms with Gasteiger partial charge < -0.3 is 20.3 Å². The summed E-state index contributed by atoms with van der Waals surface area (Å²) in [6.45, 7) is 3.96. The van der Waals surface area contributed by atoms with Crippen molar-refractivity contribution in [2.75, 3.05) is 0 Å². The van der Waals surface area contributed by atoms with Crippen LogP contribution in [-0.2, 0) is 16.0 Å². The number of aromatic hydroxyl groups is 1. The quantitative estimate of drug-likeness (QED) is 0.265. The van der Waals surface area contributed by atoms with Crippen molar-refractivity contribution >= 4 is 11.9 Å². The number of rotatable bonds is 6. The maximum atomic E-state index is 12.9. The van der Waals surface area contributed by atoms with Crippen LogP contribution in [0.15, 0.2) is 66.9 Å². The van der Waals surface area contributed by atoms with E-state index in [4.69, 9.17) is 4.74 Å². The second-order valence-corrected chi connectivity index (χ2v) is 7.87. The fourth-order valence-electron chi connectivity index (χ4n) is 3.34. The number of nitrogens with one attached hydrogen (secondary N) is 1. The lowest BCUT2D eigenvalue weighted by Crippen LogP contribution is -2.28. The molecule has 1 aromatic rings. The molecule has 1 aliphatic rings. The van der Waals surface area contributed by atoms with Crippen LogP contribution in [0.5, 0.6) is 5.75 Å². The first-order valence-corrected chi connectivity index (χ1v) is 11.1. The van der Waals surface area contributed by atoms with Crippen molar-refractivity contribution in [3.05, 3.63) is 78.1 Å². The smallest absolute Gasteiger partial charge is 0.342 e. The average molecular weight is 440 g/mol. The second kappa shape index (κ2) is 13.3. The number of hydrogen-bond donors (Lipinski definition) is 3. The standard InChI is InChI=1S/C26H33NO5/c1-3-4-5-6-16-24(30)27-17-10-14-21-18-23(29)19(2)11-7-8-12-20-13-9-15-22(28)25(20)26(31)32-21/h4-10,13,15-17,19,21,23,28-29H,3,11-12,14,18H2,1-2H3,(H,27,30)/b5-4-,8-7+,16-6+,17-10+. The number of amides is 1. The van der Waals surface area contributed by atoms with Crippen LogP contribution in [0.2, 0.25) is 0 Å². The molecule has 0 bridgehead atoms. The minimum absolute atomic E-state index is 0.000482. The van der Waals surface area contributed by atoms with Crippen molar-refractivity contribution in [2.24, 2.45) is 5.92 Å². The van der Waals surface area contributed by atoms with E-state index in [1.54, 1.807) is 30.4 Å². The molecule has 1 heterocycles. The van der Waals surface area contributed by atoms with Gasteiger partial charge in [0.2, 0.25) is 5.91 Å². The third-order valence-electron chi connectivity index (χ3n) is 5.25. The van der Waals surface area contributed by atoms with Gasteiger partial charge in [0.25, 0.3) is 0 Å². The lowest BCUT2D eigenvalue weighted by molar-refractivity contribution is -0.115. The largest absolute Gasteiger partial charge is 0.507 e. The van der Waals surface area contributed by atoms with Crippen molar-refractivity contribution in [2.45, 2.75) is 58.2 Å². The summed E-state index contributed by atoms with van der Waals surface area (Å²) in [7, 11) is 0. The highest BCUT2D eigenvalue weighted by Crippen LogP contribution is 2.26. The van der Waals surface area contributed by atoms with Gasteiger partial charge in [-0.25, -0.2) is 4.79 Å². The van der Waals surface area contributed by atoms with E-state index in [9.17, 15) is 19.8 Å². The number of aliphatic hydroxyl groups excluding tert-OH is 1. The maximum absolute atomic E-state index is 12.9. The summed E-state index contributed by atoms with van der Waals surface area (Å²) < 4.78 is 5.68. The summed E-state index contributed by atoms with van der Waals surface area (Å²) in [5.41, 5.74) is 0.832. The molecule has 1 aromatic carbocycles. The highest BCUT2D eigenvalue weighted by Gasteiger charge is 2.25. The van der Waals surface area contributed by atoms with Crippen LogP contribution in [0.25, 0.3) is 0 Å². The number of carbonyl (C=O) groups is 2. The molecule has 0 fully saturated rings. The molecular formula is C26H33NO5. The normalized spacial score (nSPS) is 23.5. The van der Waals surface area contributed by atoms with Gasteiger partial charge in [0.15, 0.2) is 0 Å². The van der Waals surface area contributed by atoms with Gasteiger partial charge in [0.05, 0.1) is 6.10 Å². The van der Waals surface area contributed by atoms with Gasteiger partial charge in [-0.2, -0.15) is 0 Å². The SMILES string of the molecule is CC/C=C\C=C\C(=O)N/C=C/CC1CC(O)C(C)C/C=C/Cc2cccc(O)c2C(=O)O1. The molecule has 2 rings (SSSR count). The zero-order valence-corrected chi connectivity index (χ0v) is 18.7. The number of esters is 1. The van der Waals surface area contributed by atoms with Crippen LogP contribution in [0, 0.1) is 5.92 Å². The van der Waals surface area contributed by atoms with Gasteiger partial charge in [-0.1, -0.05) is 62.4 Å². The molecule has 32 heavy (non-hydrogen) atoms. The first-order chi connectivity index (χ1) is 15.4. The van der Waals surface area contributed by atoms with Crippen LogP contribution < -0.4 is 5.32 Å². The number of hydrogen-bond acceptors (Lipinski definition) is 5. The Kier molecular flexibility index (Phi) is 10.5. The number of benzene rings is 1. The molecule has 3 atom stereocenters. The minimum atomic E-state index is -0.656. The van der Waals surface area contributed by atoms with E-state index < -0.39 is 18.2 Å². The predicted molar refractivity (Wildman–Crippen MR) is 125 cm³/mol. The average Bonchev–Trinajstić information content (AvgIpc) is 2.76. The Hall–Kier alpha value is -3.12. The Bertz CT molecular complexity index is 884. The zero-order chi connectivity index (χ0) is 23.3. The Morgan fingerprint density at radius 2 is 2.06 bits per heavy atom. The number of phenols is 1. The molecule has 1 aliphatic heterocycles. The fraction of sp³-hybridized carbons (Fsp3) is 0.385. The van der Waals surface area contributed by atoms with Crippen molar-refractivity contribution in [3.8, 4) is 5.75 Å². The van der Waals surface area contributed by atoms with Crippen molar-refractivity contribution in [3.63, 3.8) is 0 Å². The Morgan fingerprint density at radius 1 is 1.25 bits per heavy atom. The molecule has 0 saturated heterocycles. The highest BCUT2D eigenvalue weighted by atomic mass is 16.5. The van der Waals surface area contributed by atoms with Crippen molar-refractivity contribution in [1.29, 1.82) is 0 Å². The summed E-state index contributed by atoms with van der Waals surface area (Å²) in [6.07, 6.45) is 15.3. The number of fused-ring (bicyclic) bond motifs is 1. The summed E-state index contributed by atoms with van der Waals surface area (Å²) in [5.74, 6) is -1.02. The van der Waals surface area contributed by atoms with Gasteiger partial charge >= 0.3 is 5.97 Å². The molecule has 0 saturated carbocycles. The molecule has 0 aliphatic carbocycles. The van der Waals surface area contributed by atoms with Crippen LogP contribution >= 0.6 is 0 Å². The van der Waals surface area contributed by atoms with Gasteiger partial charge in [-0.05, 0) is 36.8 Å². The van der Waals surface area contributed by atoms with Crippen LogP contribution in [0.4, 0.5) is 0 Å². The summed E-state index contributed by atoms with van der Waals surface area (Å²) >= 11 is 0. The Morgan fingerprint density at radius 3 is 2.84 bits per heavy atom. The van der Waals surface area contributed by atoms with Crippen molar-refractivity contribution in [1.82, 2.24) is 5.32 Å². The fourth-order valence-corrected chi connectivity index (χ4v) is 3.34. The summed E-state index contributed by atoms with van der Waals surface area (Å²) in [6, 6.07) is 4.95. The Labute approximate surface area is 190 Å². The topological polar surface area (TPSA) is 95.9 Å². The molecule has 172 valence electrons. The molecule has 6 heteroatoms. The van der Waals surface area contributed by atoms with E-state index in [-0.39, 0.29) is 29.6 Å². The van der Waals surface area contributed by atoms with E-state index in [2.05, 4.69) is 5.32 Å². The van der Waals surface area contributed by atoms with Gasteiger partial charge in [-0.15, -0.1) is 0 Å². The summed E-state index contributed by atoms with van der Waals surface area (Å²) in [4.78, 5) is 24.6. The van der Waals surface area contributed by atoms with Crippen LogP contribution in [0.1, 0.15) is 55.5 Å².